The van der Waals surface area contributed by atoms with Gasteiger partial charge in [0.1, 0.15) is 0 Å². The van der Waals surface area contributed by atoms with Crippen molar-refractivity contribution in [2.24, 2.45) is 0 Å². The average Bonchev–Trinajstić information content (AvgIpc) is 2.15. The highest BCUT2D eigenvalue weighted by molar-refractivity contribution is 7.99. The van der Waals surface area contributed by atoms with Gasteiger partial charge >= 0.3 is 0 Å². The number of amides is 1. The van der Waals surface area contributed by atoms with Crippen LogP contribution in [-0.4, -0.2) is 34.9 Å². The Morgan fingerprint density at radius 2 is 2.31 bits per heavy atom. The highest BCUT2D eigenvalue weighted by atomic mass is 32.2. The van der Waals surface area contributed by atoms with Crippen LogP contribution in [0.1, 0.15) is 33.1 Å². The van der Waals surface area contributed by atoms with Gasteiger partial charge in [-0.15, -0.1) is 0 Å². The van der Waals surface area contributed by atoms with Gasteiger partial charge in [-0.3, -0.25) is 4.79 Å². The van der Waals surface area contributed by atoms with Crippen LogP contribution >= 0.6 is 11.8 Å². The zero-order valence-corrected chi connectivity index (χ0v) is 9.40. The second-order valence-corrected chi connectivity index (χ2v) is 4.87. The number of hydrogen-bond acceptors (Lipinski definition) is 2. The lowest BCUT2D eigenvalue weighted by atomic mass is 10.1. The van der Waals surface area contributed by atoms with Crippen molar-refractivity contribution >= 4 is 17.7 Å². The smallest absolute Gasteiger partial charge is 0.223 e. The first-order valence-corrected chi connectivity index (χ1v) is 6.22. The second kappa shape index (κ2) is 5.53. The highest BCUT2D eigenvalue weighted by Gasteiger charge is 2.24. The number of carbonyl (C=O) groups excluding carboxylic acids is 1. The fourth-order valence-electron chi connectivity index (χ4n) is 1.61. The lowest BCUT2D eigenvalue weighted by Gasteiger charge is -2.30. The molecule has 1 saturated heterocycles. The van der Waals surface area contributed by atoms with Gasteiger partial charge in [-0.1, -0.05) is 6.92 Å². The molecule has 0 radical (unpaired) electrons. The number of nitrogens with zero attached hydrogens (tertiary/aromatic N) is 1. The van der Waals surface area contributed by atoms with Crippen LogP contribution in [0.25, 0.3) is 0 Å². The predicted octanol–water partition coefficient (Wildman–Crippen LogP) is 2.14. The molecule has 1 unspecified atom stereocenters. The van der Waals surface area contributed by atoms with Crippen LogP contribution in [-0.2, 0) is 4.79 Å². The molecule has 1 aliphatic heterocycles. The van der Waals surface area contributed by atoms with Crippen LogP contribution in [0.3, 0.4) is 0 Å². The van der Waals surface area contributed by atoms with Crippen LogP contribution < -0.4 is 0 Å². The Bertz CT molecular complexity index is 172. The van der Waals surface area contributed by atoms with Crippen molar-refractivity contribution in [1.29, 1.82) is 0 Å². The van der Waals surface area contributed by atoms with Crippen molar-refractivity contribution in [3.05, 3.63) is 0 Å². The molecule has 2 nitrogen and oxygen atoms in total. The summed E-state index contributed by atoms with van der Waals surface area (Å²) in [7, 11) is 0. The van der Waals surface area contributed by atoms with Crippen molar-refractivity contribution in [3.63, 3.8) is 0 Å². The fourth-order valence-corrected chi connectivity index (χ4v) is 2.71. The molecule has 3 heteroatoms. The monoisotopic (exact) mass is 201 g/mol. The standard InChI is InChI=1S/C10H19NOS/c1-3-7-13-9-5-6-11(4-2)10(12)8-9/h9H,3-8H2,1-2H3. The molecule has 13 heavy (non-hydrogen) atoms. The Balaban J connectivity index is 2.28. The molecule has 0 spiro atoms. The van der Waals surface area contributed by atoms with E-state index in [2.05, 4.69) is 13.8 Å². The van der Waals surface area contributed by atoms with E-state index in [1.54, 1.807) is 0 Å². The van der Waals surface area contributed by atoms with Crippen LogP contribution in [0.4, 0.5) is 0 Å². The molecule has 1 amide bonds. The second-order valence-electron chi connectivity index (χ2n) is 3.46. The van der Waals surface area contributed by atoms with Crippen LogP contribution in [0.2, 0.25) is 0 Å². The first-order valence-electron chi connectivity index (χ1n) is 5.17. The number of likely N-dealkylation sites (tertiary alicyclic amines) is 1. The molecule has 76 valence electrons. The van der Waals surface area contributed by atoms with Gasteiger partial charge in [0.15, 0.2) is 0 Å². The maximum Gasteiger partial charge on any atom is 0.223 e. The lowest BCUT2D eigenvalue weighted by Crippen LogP contribution is -2.39. The van der Waals surface area contributed by atoms with E-state index in [0.29, 0.717) is 11.2 Å². The van der Waals surface area contributed by atoms with Gasteiger partial charge in [0.05, 0.1) is 0 Å². The number of piperidine rings is 1. The molecule has 0 aromatic rings. The summed E-state index contributed by atoms with van der Waals surface area (Å²) in [5.74, 6) is 1.55. The number of hydrogen-bond donors (Lipinski definition) is 0. The van der Waals surface area contributed by atoms with Gasteiger partial charge < -0.3 is 4.90 Å². The SMILES string of the molecule is CCCSC1CCN(CC)C(=O)C1. The number of thioether (sulfide) groups is 1. The normalized spacial score (nSPS) is 23.7. The van der Waals surface area contributed by atoms with Crippen molar-refractivity contribution < 1.29 is 4.79 Å². The molecule has 1 fully saturated rings. The fraction of sp³-hybridized carbons (Fsp3) is 0.900. The Labute approximate surface area is 85.1 Å². The minimum absolute atomic E-state index is 0.349. The largest absolute Gasteiger partial charge is 0.343 e. The molecular formula is C10H19NOS. The predicted molar refractivity (Wildman–Crippen MR) is 58.0 cm³/mol. The quantitative estimate of drug-likeness (QED) is 0.694. The van der Waals surface area contributed by atoms with Crippen LogP contribution in [0.15, 0.2) is 0 Å². The summed E-state index contributed by atoms with van der Waals surface area (Å²) in [5, 5.41) is 0.593. The summed E-state index contributed by atoms with van der Waals surface area (Å²) >= 11 is 1.97. The summed E-state index contributed by atoms with van der Waals surface area (Å²) in [6.45, 7) is 6.09. The summed E-state index contributed by atoms with van der Waals surface area (Å²) in [6.07, 6.45) is 3.16. The lowest BCUT2D eigenvalue weighted by molar-refractivity contribution is -0.132. The topological polar surface area (TPSA) is 20.3 Å². The van der Waals surface area contributed by atoms with E-state index < -0.39 is 0 Å². The van der Waals surface area contributed by atoms with Gasteiger partial charge in [0.2, 0.25) is 5.91 Å². The van der Waals surface area contributed by atoms with Crippen molar-refractivity contribution in [2.75, 3.05) is 18.8 Å². The van der Waals surface area contributed by atoms with E-state index in [1.807, 2.05) is 16.7 Å². The molecule has 0 N–H and O–H groups in total. The summed E-state index contributed by atoms with van der Waals surface area (Å²) < 4.78 is 0. The molecule has 0 aromatic carbocycles. The summed E-state index contributed by atoms with van der Waals surface area (Å²) in [5.41, 5.74) is 0. The molecule has 0 saturated carbocycles. The molecule has 1 aliphatic rings. The molecule has 0 aromatic heterocycles. The maximum atomic E-state index is 11.5. The molecule has 0 bridgehead atoms. The minimum Gasteiger partial charge on any atom is -0.343 e. The van der Waals surface area contributed by atoms with Gasteiger partial charge in [-0.05, 0) is 25.5 Å². The van der Waals surface area contributed by atoms with E-state index in [9.17, 15) is 4.79 Å². The minimum atomic E-state index is 0.349. The van der Waals surface area contributed by atoms with Gasteiger partial charge in [-0.2, -0.15) is 11.8 Å². The average molecular weight is 201 g/mol. The number of rotatable bonds is 4. The van der Waals surface area contributed by atoms with Gasteiger partial charge in [0, 0.05) is 24.8 Å². The zero-order valence-electron chi connectivity index (χ0n) is 8.58. The third-order valence-corrected chi connectivity index (χ3v) is 3.93. The molecule has 1 rings (SSSR count). The Hall–Kier alpha value is -0.180. The Kier molecular flexibility index (Phi) is 4.64. The van der Waals surface area contributed by atoms with E-state index >= 15 is 0 Å². The van der Waals surface area contributed by atoms with E-state index in [1.165, 1.54) is 18.6 Å². The van der Waals surface area contributed by atoms with Crippen molar-refractivity contribution in [1.82, 2.24) is 4.90 Å². The summed E-state index contributed by atoms with van der Waals surface area (Å²) in [6, 6.07) is 0. The molecular weight excluding hydrogens is 182 g/mol. The van der Waals surface area contributed by atoms with Crippen molar-refractivity contribution in [3.8, 4) is 0 Å². The summed E-state index contributed by atoms with van der Waals surface area (Å²) in [4.78, 5) is 13.5. The molecule has 1 heterocycles. The first-order chi connectivity index (χ1) is 6.27. The van der Waals surface area contributed by atoms with Gasteiger partial charge in [0.25, 0.3) is 0 Å². The third-order valence-electron chi connectivity index (χ3n) is 2.42. The first kappa shape index (κ1) is 10.9. The third kappa shape index (κ3) is 3.22. The molecule has 0 aliphatic carbocycles. The van der Waals surface area contributed by atoms with E-state index in [0.717, 1.165) is 19.5 Å². The van der Waals surface area contributed by atoms with E-state index in [-0.39, 0.29) is 0 Å². The zero-order chi connectivity index (χ0) is 9.68. The van der Waals surface area contributed by atoms with Crippen LogP contribution in [0, 0.1) is 0 Å². The van der Waals surface area contributed by atoms with Crippen LogP contribution in [0.5, 0.6) is 0 Å². The number of carbonyl (C=O) groups is 1. The van der Waals surface area contributed by atoms with E-state index in [4.69, 9.17) is 0 Å². The highest BCUT2D eigenvalue weighted by Crippen LogP contribution is 2.24. The molecule has 1 atom stereocenters. The van der Waals surface area contributed by atoms with Crippen molar-refractivity contribution in [2.45, 2.75) is 38.4 Å². The maximum absolute atomic E-state index is 11.5. The van der Waals surface area contributed by atoms with Gasteiger partial charge in [-0.25, -0.2) is 0 Å². The Morgan fingerprint density at radius 3 is 2.85 bits per heavy atom. The Morgan fingerprint density at radius 1 is 1.54 bits per heavy atom.